The zero-order valence-corrected chi connectivity index (χ0v) is 13.2. The van der Waals surface area contributed by atoms with Gasteiger partial charge in [-0.05, 0) is 19.8 Å². The van der Waals surface area contributed by atoms with E-state index in [0.29, 0.717) is 13.2 Å². The average Bonchev–Trinajstić information content (AvgIpc) is 2.91. The van der Waals surface area contributed by atoms with Crippen LogP contribution >= 0.6 is 0 Å². The first kappa shape index (κ1) is 17.3. The van der Waals surface area contributed by atoms with Gasteiger partial charge in [0.2, 0.25) is 0 Å². The van der Waals surface area contributed by atoms with Crippen molar-refractivity contribution in [1.82, 2.24) is 4.90 Å². The fraction of sp³-hybridized carbons (Fsp3) is 0.938. The Hall–Kier alpha value is -0.770. The number of hydrogen-bond acceptors (Lipinski definition) is 3. The number of unbranched alkanes of at least 4 members (excludes halogenated alkanes) is 6. The van der Waals surface area contributed by atoms with Gasteiger partial charge < -0.3 is 14.4 Å². The van der Waals surface area contributed by atoms with Crippen LogP contribution in [-0.4, -0.2) is 43.4 Å². The van der Waals surface area contributed by atoms with E-state index < -0.39 is 0 Å². The van der Waals surface area contributed by atoms with Crippen molar-refractivity contribution in [2.45, 2.75) is 71.3 Å². The molecule has 1 amide bonds. The molecule has 1 heterocycles. The van der Waals surface area contributed by atoms with E-state index in [0.717, 1.165) is 26.0 Å². The summed E-state index contributed by atoms with van der Waals surface area (Å²) in [5.74, 6) is 0. The molecule has 1 unspecified atom stereocenters. The average molecular weight is 285 g/mol. The van der Waals surface area contributed by atoms with Gasteiger partial charge in [-0.2, -0.15) is 0 Å². The molecular formula is C16H31NO3. The molecule has 0 bridgehead atoms. The molecule has 0 radical (unpaired) electrons. The molecule has 1 saturated heterocycles. The highest BCUT2D eigenvalue weighted by Gasteiger charge is 2.27. The Labute approximate surface area is 123 Å². The van der Waals surface area contributed by atoms with Crippen LogP contribution in [0.3, 0.4) is 0 Å². The Balaban J connectivity index is 1.94. The summed E-state index contributed by atoms with van der Waals surface area (Å²) in [6.07, 6.45) is 10.1. The number of carbonyl (C=O) groups excluding carboxylic acids is 1. The summed E-state index contributed by atoms with van der Waals surface area (Å²) < 4.78 is 10.8. The van der Waals surface area contributed by atoms with Crippen molar-refractivity contribution in [2.75, 3.05) is 26.3 Å². The summed E-state index contributed by atoms with van der Waals surface area (Å²) in [4.78, 5) is 13.3. The van der Waals surface area contributed by atoms with E-state index in [1.165, 1.54) is 38.5 Å². The van der Waals surface area contributed by atoms with Crippen LogP contribution in [0.1, 0.15) is 65.2 Å². The summed E-state index contributed by atoms with van der Waals surface area (Å²) in [6.45, 7) is 6.81. The molecule has 1 fully saturated rings. The van der Waals surface area contributed by atoms with Crippen LogP contribution in [0, 0.1) is 0 Å². The van der Waals surface area contributed by atoms with Crippen molar-refractivity contribution in [3.8, 4) is 0 Å². The quantitative estimate of drug-likeness (QED) is 0.570. The van der Waals surface area contributed by atoms with E-state index in [2.05, 4.69) is 6.92 Å². The molecule has 20 heavy (non-hydrogen) atoms. The predicted octanol–water partition coefficient (Wildman–Crippen LogP) is 3.98. The molecule has 0 aliphatic carbocycles. The molecule has 1 rings (SSSR count). The van der Waals surface area contributed by atoms with Crippen molar-refractivity contribution in [2.24, 2.45) is 0 Å². The second-order valence-corrected chi connectivity index (χ2v) is 5.55. The number of nitrogens with zero attached hydrogens (tertiary/aromatic N) is 1. The monoisotopic (exact) mass is 285 g/mol. The van der Waals surface area contributed by atoms with Gasteiger partial charge in [0.15, 0.2) is 0 Å². The lowest BCUT2D eigenvalue weighted by Crippen LogP contribution is -2.30. The van der Waals surface area contributed by atoms with Crippen molar-refractivity contribution >= 4 is 6.09 Å². The zero-order valence-electron chi connectivity index (χ0n) is 13.2. The first-order valence-corrected chi connectivity index (χ1v) is 8.31. The van der Waals surface area contributed by atoms with E-state index in [-0.39, 0.29) is 12.2 Å². The minimum Gasteiger partial charge on any atom is -0.450 e. The number of carbonyl (C=O) groups is 1. The molecule has 118 valence electrons. The molecular weight excluding hydrogens is 254 g/mol. The number of ether oxygens (including phenoxy) is 2. The van der Waals surface area contributed by atoms with Gasteiger partial charge in [0, 0.05) is 13.2 Å². The van der Waals surface area contributed by atoms with Crippen molar-refractivity contribution < 1.29 is 14.3 Å². The Bertz CT molecular complexity index is 258. The maximum absolute atomic E-state index is 11.5. The smallest absolute Gasteiger partial charge is 0.409 e. The summed E-state index contributed by atoms with van der Waals surface area (Å²) in [7, 11) is 0. The second-order valence-electron chi connectivity index (χ2n) is 5.55. The van der Waals surface area contributed by atoms with Gasteiger partial charge in [0.1, 0.15) is 0 Å². The predicted molar refractivity (Wildman–Crippen MR) is 80.9 cm³/mol. The van der Waals surface area contributed by atoms with Gasteiger partial charge in [0.05, 0.1) is 19.3 Å². The normalized spacial score (nSPS) is 18.5. The number of amides is 1. The van der Waals surface area contributed by atoms with Gasteiger partial charge in [0.25, 0.3) is 0 Å². The Morgan fingerprint density at radius 1 is 1.10 bits per heavy atom. The molecule has 0 N–H and O–H groups in total. The van der Waals surface area contributed by atoms with E-state index in [1.54, 1.807) is 4.90 Å². The maximum atomic E-state index is 11.5. The van der Waals surface area contributed by atoms with Crippen molar-refractivity contribution in [3.05, 3.63) is 0 Å². The number of likely N-dealkylation sites (tertiary alicyclic amines) is 1. The molecule has 0 aromatic carbocycles. The Kier molecular flexibility index (Phi) is 9.46. The van der Waals surface area contributed by atoms with Crippen LogP contribution in [0.4, 0.5) is 4.79 Å². The largest absolute Gasteiger partial charge is 0.450 e. The summed E-state index contributed by atoms with van der Waals surface area (Å²) in [5, 5.41) is 0. The minimum absolute atomic E-state index is 0.200. The van der Waals surface area contributed by atoms with Crippen LogP contribution in [0.25, 0.3) is 0 Å². The minimum atomic E-state index is -0.200. The summed E-state index contributed by atoms with van der Waals surface area (Å²) in [6, 6.07) is 0. The van der Waals surface area contributed by atoms with Gasteiger partial charge in [-0.25, -0.2) is 4.79 Å². The highest BCUT2D eigenvalue weighted by molar-refractivity contribution is 5.67. The first-order chi connectivity index (χ1) is 9.77. The van der Waals surface area contributed by atoms with Crippen LogP contribution in [0.2, 0.25) is 0 Å². The molecule has 1 aliphatic rings. The van der Waals surface area contributed by atoms with Crippen molar-refractivity contribution in [1.29, 1.82) is 0 Å². The fourth-order valence-electron chi connectivity index (χ4n) is 2.55. The molecule has 4 heteroatoms. The standard InChI is InChI=1S/C16H31NO3/c1-3-5-6-7-8-9-10-13-20-15-11-12-17(14-15)16(18)19-4-2/h15H,3-14H2,1-2H3. The van der Waals surface area contributed by atoms with E-state index >= 15 is 0 Å². The summed E-state index contributed by atoms with van der Waals surface area (Å²) in [5.41, 5.74) is 0. The summed E-state index contributed by atoms with van der Waals surface area (Å²) >= 11 is 0. The zero-order chi connectivity index (χ0) is 14.6. The molecule has 0 spiro atoms. The highest BCUT2D eigenvalue weighted by Crippen LogP contribution is 2.15. The van der Waals surface area contributed by atoms with E-state index in [1.807, 2.05) is 6.92 Å². The van der Waals surface area contributed by atoms with E-state index in [4.69, 9.17) is 9.47 Å². The third-order valence-electron chi connectivity index (χ3n) is 3.77. The Morgan fingerprint density at radius 3 is 2.50 bits per heavy atom. The fourth-order valence-corrected chi connectivity index (χ4v) is 2.55. The lowest BCUT2D eigenvalue weighted by molar-refractivity contribution is 0.0531. The van der Waals surface area contributed by atoms with E-state index in [9.17, 15) is 4.79 Å². The molecule has 1 aliphatic heterocycles. The maximum Gasteiger partial charge on any atom is 0.409 e. The molecule has 4 nitrogen and oxygen atoms in total. The van der Waals surface area contributed by atoms with Crippen molar-refractivity contribution in [3.63, 3.8) is 0 Å². The van der Waals surface area contributed by atoms with Gasteiger partial charge in [-0.1, -0.05) is 45.4 Å². The van der Waals surface area contributed by atoms with Crippen LogP contribution in [0.15, 0.2) is 0 Å². The van der Waals surface area contributed by atoms with Gasteiger partial charge >= 0.3 is 6.09 Å². The second kappa shape index (κ2) is 11.0. The van der Waals surface area contributed by atoms with Gasteiger partial charge in [-0.3, -0.25) is 0 Å². The topological polar surface area (TPSA) is 38.8 Å². The number of hydrogen-bond donors (Lipinski definition) is 0. The van der Waals surface area contributed by atoms with Crippen LogP contribution in [-0.2, 0) is 9.47 Å². The number of rotatable bonds is 10. The van der Waals surface area contributed by atoms with Crippen LogP contribution < -0.4 is 0 Å². The molecule has 0 aromatic heterocycles. The van der Waals surface area contributed by atoms with Gasteiger partial charge in [-0.15, -0.1) is 0 Å². The molecule has 0 aromatic rings. The molecule has 1 atom stereocenters. The lowest BCUT2D eigenvalue weighted by Gasteiger charge is -2.15. The SMILES string of the molecule is CCCCCCCCCOC1CCN(C(=O)OCC)C1. The molecule has 0 saturated carbocycles. The Morgan fingerprint density at radius 2 is 1.80 bits per heavy atom. The lowest BCUT2D eigenvalue weighted by atomic mass is 10.1. The highest BCUT2D eigenvalue weighted by atomic mass is 16.6. The third-order valence-corrected chi connectivity index (χ3v) is 3.77. The van der Waals surface area contributed by atoms with Crippen LogP contribution in [0.5, 0.6) is 0 Å². The third kappa shape index (κ3) is 7.13. The first-order valence-electron chi connectivity index (χ1n) is 8.31.